The summed E-state index contributed by atoms with van der Waals surface area (Å²) in [6, 6.07) is 0. The van der Waals surface area contributed by atoms with Crippen LogP contribution in [-0.2, 0) is 76.3 Å². The molecule has 0 aromatic carbocycles. The van der Waals surface area contributed by atoms with E-state index in [9.17, 15) is 58.8 Å². The van der Waals surface area contributed by atoms with Crippen molar-refractivity contribution in [1.29, 1.82) is 0 Å². The molecule has 0 saturated carbocycles. The van der Waals surface area contributed by atoms with Crippen molar-refractivity contribution in [3.05, 3.63) is 0 Å². The molecule has 112 heavy (non-hydrogen) atoms. The first-order chi connectivity index (χ1) is 54.3. The maximum Gasteiger partial charge on any atom is 0.336 e. The van der Waals surface area contributed by atoms with E-state index >= 15 is 0 Å². The molecule has 0 aliphatic heterocycles. The highest BCUT2D eigenvalue weighted by atomic mass is 16.6. The Labute approximate surface area is 680 Å². The molecule has 0 spiro atoms. The van der Waals surface area contributed by atoms with Crippen LogP contribution in [0.1, 0.15) is 364 Å². The van der Waals surface area contributed by atoms with Crippen molar-refractivity contribution in [2.75, 3.05) is 112 Å². The van der Waals surface area contributed by atoms with Crippen LogP contribution < -0.4 is 0 Å². The van der Waals surface area contributed by atoms with Gasteiger partial charge in [0.15, 0.2) is 24.4 Å². The third kappa shape index (κ3) is 60.9. The van der Waals surface area contributed by atoms with E-state index in [-0.39, 0.29) is 153 Å². The van der Waals surface area contributed by atoms with E-state index in [2.05, 4.69) is 55.4 Å². The van der Waals surface area contributed by atoms with Crippen molar-refractivity contribution in [3.8, 4) is 0 Å². The average molecular weight is 1600 g/mol. The molecule has 0 saturated heterocycles. The number of hydrogen-bond acceptors (Lipinski definition) is 23. The fourth-order valence-electron chi connectivity index (χ4n) is 13.6. The monoisotopic (exact) mass is 1600 g/mol. The summed E-state index contributed by atoms with van der Waals surface area (Å²) in [6.07, 6.45) is 37.2. The molecular weight excluding hydrogens is 1430 g/mol. The smallest absolute Gasteiger partial charge is 0.336 e. The van der Waals surface area contributed by atoms with Crippen LogP contribution in [0.15, 0.2) is 0 Å². The maximum absolute atomic E-state index is 13.4. The van der Waals surface area contributed by atoms with Crippen molar-refractivity contribution in [1.82, 2.24) is 14.7 Å². The first-order valence-corrected chi connectivity index (χ1v) is 45.5. The summed E-state index contributed by atoms with van der Waals surface area (Å²) < 4.78 is 44.8. The lowest BCUT2D eigenvalue weighted by molar-refractivity contribution is -0.158. The highest BCUT2D eigenvalue weighted by Gasteiger charge is 2.30. The number of esters is 8. The summed E-state index contributed by atoms with van der Waals surface area (Å²) in [7, 11) is 1.76. The molecule has 0 fully saturated rings. The second-order valence-electron chi connectivity index (χ2n) is 31.6. The molecule has 658 valence electrons. The Balaban J connectivity index is 6.36. The number of carbonyl (C=O) groups is 8. The van der Waals surface area contributed by atoms with Gasteiger partial charge in [0, 0.05) is 52.4 Å². The number of aliphatic hydroxyl groups excluding tert-OH is 4. The van der Waals surface area contributed by atoms with Gasteiger partial charge in [0.05, 0.1) is 76.5 Å². The van der Waals surface area contributed by atoms with E-state index < -0.39 is 48.3 Å². The van der Waals surface area contributed by atoms with E-state index in [1.807, 2.05) is 4.90 Å². The predicted octanol–water partition coefficient (Wildman–Crippen LogP) is 16.7. The Bertz CT molecular complexity index is 1940. The first-order valence-electron chi connectivity index (χ1n) is 45.5. The van der Waals surface area contributed by atoms with Gasteiger partial charge in [0.1, 0.15) is 0 Å². The lowest BCUT2D eigenvalue weighted by Gasteiger charge is -2.30. The normalized spacial score (nSPS) is 12.8. The van der Waals surface area contributed by atoms with Crippen LogP contribution in [0, 0.1) is 23.7 Å². The summed E-state index contributed by atoms with van der Waals surface area (Å²) in [6.45, 7) is 16.9. The van der Waals surface area contributed by atoms with E-state index in [1.165, 1.54) is 9.80 Å². The van der Waals surface area contributed by atoms with Gasteiger partial charge in [0.2, 0.25) is 0 Å². The van der Waals surface area contributed by atoms with Crippen molar-refractivity contribution in [2.24, 2.45) is 23.7 Å². The van der Waals surface area contributed by atoms with Crippen molar-refractivity contribution >= 4 is 47.8 Å². The van der Waals surface area contributed by atoms with Gasteiger partial charge in [-0.05, 0) is 110 Å². The zero-order chi connectivity index (χ0) is 82.9. The van der Waals surface area contributed by atoms with E-state index in [0.29, 0.717) is 51.4 Å². The fourth-order valence-corrected chi connectivity index (χ4v) is 13.6. The number of ether oxygens (including phenoxy) is 8. The molecule has 0 bridgehead atoms. The zero-order valence-corrected chi connectivity index (χ0v) is 72.5. The van der Waals surface area contributed by atoms with Gasteiger partial charge in [-0.25, -0.2) is 19.2 Å². The zero-order valence-electron chi connectivity index (χ0n) is 72.5. The Kier molecular flexibility index (Phi) is 73.4. The molecular formula is C89H167N3O20. The second kappa shape index (κ2) is 76.5. The summed E-state index contributed by atoms with van der Waals surface area (Å²) in [5, 5.41) is 45.3. The van der Waals surface area contributed by atoms with Gasteiger partial charge >= 0.3 is 47.8 Å². The summed E-state index contributed by atoms with van der Waals surface area (Å²) in [4.78, 5) is 111. The van der Waals surface area contributed by atoms with Crippen LogP contribution in [0.5, 0.6) is 0 Å². The van der Waals surface area contributed by atoms with Gasteiger partial charge in [0.25, 0.3) is 0 Å². The lowest BCUT2D eigenvalue weighted by Crippen LogP contribution is -2.48. The van der Waals surface area contributed by atoms with Gasteiger partial charge in [-0.3, -0.25) is 29.0 Å². The topological polar surface area (TPSA) is 301 Å². The Morgan fingerprint density at radius 2 is 0.366 bits per heavy atom. The third-order valence-corrected chi connectivity index (χ3v) is 21.1. The molecule has 0 rings (SSSR count). The van der Waals surface area contributed by atoms with Crippen LogP contribution in [-0.4, -0.2) is 220 Å². The van der Waals surface area contributed by atoms with E-state index in [1.54, 1.807) is 7.05 Å². The summed E-state index contributed by atoms with van der Waals surface area (Å²) in [5.41, 5.74) is 0. The molecule has 4 N–H and O–H groups in total. The predicted molar refractivity (Wildman–Crippen MR) is 443 cm³/mol. The molecule has 0 aliphatic carbocycles. The van der Waals surface area contributed by atoms with E-state index in [0.717, 1.165) is 257 Å². The number of likely N-dealkylation sites (N-methyl/N-ethyl adjacent to an activating group) is 1. The molecule has 0 aromatic heterocycles. The molecule has 23 nitrogen and oxygen atoms in total. The van der Waals surface area contributed by atoms with Crippen LogP contribution in [0.3, 0.4) is 0 Å². The number of rotatable bonds is 82. The molecule has 0 aromatic rings. The van der Waals surface area contributed by atoms with Crippen LogP contribution in [0.2, 0.25) is 0 Å². The van der Waals surface area contributed by atoms with Gasteiger partial charge in [-0.2, -0.15) is 0 Å². The number of hydrogen-bond donors (Lipinski definition) is 4. The number of nitrogens with zero attached hydrogens (tertiary/aromatic N) is 3. The first kappa shape index (κ1) is 107. The standard InChI is InChI=1S/C89H167N3O20/c1-10-18-26-34-50-74(51-35-27-19-11-2)82(97)105-62-42-46-66-109-86(101)78(93)70-91(71-79(94)87(102)110-67-47-43-63-106-83(98)75(52-36-28-20-12-3)53-37-29-21-13-4)60-58-90(9)59-61-92(72-80(95)88(103)111-68-48-44-64-107-84(99)76(54-38-30-22-14-5)55-39-31-23-15-6)73-81(96)89(104)112-69-49-45-65-108-85(100)77(56-40-32-24-16-7)57-41-33-25-17-8/h74-81,93-96H,10-73H2,1-9H3. The van der Waals surface area contributed by atoms with Crippen LogP contribution >= 0.6 is 0 Å². The van der Waals surface area contributed by atoms with Gasteiger partial charge < -0.3 is 63.2 Å². The average Bonchev–Trinajstić information content (AvgIpc) is 0.893. The Morgan fingerprint density at radius 1 is 0.214 bits per heavy atom. The minimum atomic E-state index is -1.70. The highest BCUT2D eigenvalue weighted by Crippen LogP contribution is 2.25. The number of aliphatic hydroxyl groups is 4. The minimum Gasteiger partial charge on any atom is -0.465 e. The van der Waals surface area contributed by atoms with Crippen molar-refractivity contribution in [3.63, 3.8) is 0 Å². The third-order valence-electron chi connectivity index (χ3n) is 21.1. The SMILES string of the molecule is CCCCCCC(CCCCCC)C(=O)OCCCCOC(=O)C(O)CN(CCN(C)CCN(CC(O)C(=O)OCCCCOC(=O)C(CCCCCC)CCCCCC)CC(O)C(=O)OCCCCOC(=O)C(CCCCCC)CCCCCC)CC(O)C(=O)OCCCCOC(=O)C(CCCCCC)CCCCCC. The van der Waals surface area contributed by atoms with Crippen molar-refractivity contribution in [2.45, 2.75) is 388 Å². The van der Waals surface area contributed by atoms with E-state index in [4.69, 9.17) is 37.9 Å². The molecule has 4 atom stereocenters. The minimum absolute atomic E-state index is 0.0503. The van der Waals surface area contributed by atoms with Crippen LogP contribution in [0.4, 0.5) is 0 Å². The van der Waals surface area contributed by atoms with Crippen molar-refractivity contribution < 1.29 is 96.7 Å². The lowest BCUT2D eigenvalue weighted by atomic mass is 9.94. The van der Waals surface area contributed by atoms with Crippen LogP contribution in [0.25, 0.3) is 0 Å². The molecule has 0 aliphatic rings. The largest absolute Gasteiger partial charge is 0.465 e. The molecule has 23 heteroatoms. The second-order valence-corrected chi connectivity index (χ2v) is 31.6. The summed E-state index contributed by atoms with van der Waals surface area (Å²) in [5.74, 6) is -5.06. The maximum atomic E-state index is 13.4. The molecule has 0 heterocycles. The molecule has 0 amide bonds. The Hall–Kier alpha value is -4.52. The number of carbonyl (C=O) groups excluding carboxylic acids is 8. The highest BCUT2D eigenvalue weighted by molar-refractivity contribution is 5.77. The fraction of sp³-hybridized carbons (Fsp3) is 0.910. The summed E-state index contributed by atoms with van der Waals surface area (Å²) >= 11 is 0. The molecule has 4 unspecified atom stereocenters. The van der Waals surface area contributed by atoms with Gasteiger partial charge in [-0.1, -0.05) is 261 Å². The Morgan fingerprint density at radius 3 is 0.518 bits per heavy atom. The number of unbranched alkanes of at least 4 members (excludes halogenated alkanes) is 28. The van der Waals surface area contributed by atoms with Gasteiger partial charge in [-0.15, -0.1) is 0 Å². The molecule has 0 radical (unpaired) electrons. The quantitative estimate of drug-likeness (QED) is 0.0250.